The number of carbonyl (C=O) groups is 1. The summed E-state index contributed by atoms with van der Waals surface area (Å²) in [6, 6.07) is 3.35. The zero-order valence-electron chi connectivity index (χ0n) is 11.2. The van der Waals surface area contributed by atoms with Gasteiger partial charge >= 0.3 is 0 Å². The van der Waals surface area contributed by atoms with Gasteiger partial charge in [0.25, 0.3) is 0 Å². The third-order valence-electron chi connectivity index (χ3n) is 2.77. The van der Waals surface area contributed by atoms with Crippen molar-refractivity contribution < 1.29 is 13.9 Å². The topological polar surface area (TPSA) is 83.3 Å². The summed E-state index contributed by atoms with van der Waals surface area (Å²) in [5.41, 5.74) is 5.85. The number of ether oxygens (including phenoxy) is 1. The molecule has 2 N–H and O–H groups in total. The summed E-state index contributed by atoms with van der Waals surface area (Å²) in [5, 5.41) is 4.16. The zero-order valence-corrected chi connectivity index (χ0v) is 11.2. The van der Waals surface area contributed by atoms with Crippen LogP contribution >= 0.6 is 0 Å². The second kappa shape index (κ2) is 5.27. The molecule has 6 heteroatoms. The SMILES string of the molecule is COc1cnn(C(C)C)c1C(=O)c1ccc(CN)o1. The number of nitrogens with zero attached hydrogens (tertiary/aromatic N) is 2. The van der Waals surface area contributed by atoms with Gasteiger partial charge in [-0.15, -0.1) is 0 Å². The second-order valence-electron chi connectivity index (χ2n) is 4.40. The normalized spacial score (nSPS) is 11.0. The molecule has 0 amide bonds. The number of hydrogen-bond acceptors (Lipinski definition) is 5. The van der Waals surface area contributed by atoms with E-state index in [2.05, 4.69) is 5.10 Å². The van der Waals surface area contributed by atoms with Crippen LogP contribution in [0.1, 0.15) is 41.9 Å². The van der Waals surface area contributed by atoms with Gasteiger partial charge in [0.1, 0.15) is 5.76 Å². The Balaban J connectivity index is 2.45. The highest BCUT2D eigenvalue weighted by Crippen LogP contribution is 2.24. The number of furan rings is 1. The Morgan fingerprint density at radius 3 is 2.79 bits per heavy atom. The maximum absolute atomic E-state index is 12.5. The molecule has 0 aliphatic carbocycles. The maximum atomic E-state index is 12.5. The van der Waals surface area contributed by atoms with Crippen LogP contribution in [0.2, 0.25) is 0 Å². The summed E-state index contributed by atoms with van der Waals surface area (Å²) in [6.07, 6.45) is 1.53. The van der Waals surface area contributed by atoms with Crippen molar-refractivity contribution >= 4 is 5.78 Å². The molecule has 0 saturated carbocycles. The number of hydrogen-bond donors (Lipinski definition) is 1. The molecule has 0 radical (unpaired) electrons. The molecule has 2 aromatic heterocycles. The molecule has 0 saturated heterocycles. The number of carbonyl (C=O) groups excluding carboxylic acids is 1. The van der Waals surface area contributed by atoms with E-state index in [1.54, 1.807) is 16.8 Å². The lowest BCUT2D eigenvalue weighted by molar-refractivity contribution is 0.0992. The monoisotopic (exact) mass is 263 g/mol. The molecule has 0 fully saturated rings. The van der Waals surface area contributed by atoms with Crippen molar-refractivity contribution in [3.05, 3.63) is 35.5 Å². The van der Waals surface area contributed by atoms with Gasteiger partial charge < -0.3 is 14.9 Å². The molecule has 102 valence electrons. The number of nitrogens with two attached hydrogens (primary N) is 1. The van der Waals surface area contributed by atoms with Crippen molar-refractivity contribution in [2.45, 2.75) is 26.4 Å². The minimum absolute atomic E-state index is 0.0480. The van der Waals surface area contributed by atoms with E-state index in [1.165, 1.54) is 13.3 Å². The van der Waals surface area contributed by atoms with Gasteiger partial charge in [-0.25, -0.2) is 0 Å². The Bertz CT molecular complexity index is 584. The predicted molar refractivity (Wildman–Crippen MR) is 69.2 cm³/mol. The molecular weight excluding hydrogens is 246 g/mol. The van der Waals surface area contributed by atoms with E-state index in [0.717, 1.165) is 0 Å². The van der Waals surface area contributed by atoms with Gasteiger partial charge in [0, 0.05) is 6.04 Å². The van der Waals surface area contributed by atoms with Crippen molar-refractivity contribution in [2.24, 2.45) is 5.73 Å². The highest BCUT2D eigenvalue weighted by Gasteiger charge is 2.24. The molecule has 0 aliphatic heterocycles. The van der Waals surface area contributed by atoms with Gasteiger partial charge in [0.2, 0.25) is 5.78 Å². The minimum atomic E-state index is -0.261. The summed E-state index contributed by atoms with van der Waals surface area (Å²) in [5.74, 6) is 0.978. The first-order valence-electron chi connectivity index (χ1n) is 6.03. The quantitative estimate of drug-likeness (QED) is 0.831. The molecular formula is C13H17N3O3. The molecule has 2 rings (SSSR count). The van der Waals surface area contributed by atoms with Gasteiger partial charge in [-0.2, -0.15) is 5.10 Å². The summed E-state index contributed by atoms with van der Waals surface area (Å²) in [6.45, 7) is 4.14. The first-order chi connectivity index (χ1) is 9.08. The molecule has 0 atom stereocenters. The van der Waals surface area contributed by atoms with Crippen molar-refractivity contribution in [2.75, 3.05) is 7.11 Å². The van der Waals surface area contributed by atoms with Crippen LogP contribution < -0.4 is 10.5 Å². The fraction of sp³-hybridized carbons (Fsp3) is 0.385. The van der Waals surface area contributed by atoms with E-state index in [9.17, 15) is 4.79 Å². The Morgan fingerprint density at radius 1 is 1.53 bits per heavy atom. The fourth-order valence-electron chi connectivity index (χ4n) is 1.83. The first kappa shape index (κ1) is 13.4. The molecule has 0 spiro atoms. The van der Waals surface area contributed by atoms with Crippen LogP contribution in [-0.4, -0.2) is 22.7 Å². The molecule has 0 aromatic carbocycles. The smallest absolute Gasteiger partial charge is 0.249 e. The van der Waals surface area contributed by atoms with E-state index in [-0.39, 0.29) is 24.1 Å². The van der Waals surface area contributed by atoms with Gasteiger partial charge in [-0.1, -0.05) is 0 Å². The van der Waals surface area contributed by atoms with Gasteiger partial charge in [0.15, 0.2) is 17.2 Å². The van der Waals surface area contributed by atoms with E-state index >= 15 is 0 Å². The van der Waals surface area contributed by atoms with Crippen molar-refractivity contribution in [1.82, 2.24) is 9.78 Å². The van der Waals surface area contributed by atoms with Gasteiger partial charge in [0.05, 0.1) is 19.9 Å². The van der Waals surface area contributed by atoms with Gasteiger partial charge in [-0.3, -0.25) is 9.48 Å². The first-order valence-corrected chi connectivity index (χ1v) is 6.03. The van der Waals surface area contributed by atoms with Crippen LogP contribution in [-0.2, 0) is 6.54 Å². The van der Waals surface area contributed by atoms with Crippen LogP contribution in [0.4, 0.5) is 0 Å². The predicted octanol–water partition coefficient (Wildman–Crippen LogP) is 1.76. The Morgan fingerprint density at radius 2 is 2.26 bits per heavy atom. The van der Waals surface area contributed by atoms with E-state index in [1.807, 2.05) is 13.8 Å². The van der Waals surface area contributed by atoms with Crippen LogP contribution in [0.5, 0.6) is 5.75 Å². The third kappa shape index (κ3) is 2.39. The van der Waals surface area contributed by atoms with E-state index in [4.69, 9.17) is 14.9 Å². The number of methoxy groups -OCH3 is 1. The molecule has 2 aromatic rings. The minimum Gasteiger partial charge on any atom is -0.493 e. The third-order valence-corrected chi connectivity index (χ3v) is 2.77. The summed E-state index contributed by atoms with van der Waals surface area (Å²) >= 11 is 0. The standard InChI is InChI=1S/C13H17N3O3/c1-8(2)16-12(11(18-3)7-15-16)13(17)10-5-4-9(6-14)19-10/h4-5,7-8H,6,14H2,1-3H3. The summed E-state index contributed by atoms with van der Waals surface area (Å²) < 4.78 is 12.2. The summed E-state index contributed by atoms with van der Waals surface area (Å²) in [7, 11) is 1.51. The number of rotatable bonds is 5. The number of aromatic nitrogens is 2. The molecule has 2 heterocycles. The highest BCUT2D eigenvalue weighted by atomic mass is 16.5. The molecule has 19 heavy (non-hydrogen) atoms. The lowest BCUT2D eigenvalue weighted by Gasteiger charge is -2.10. The maximum Gasteiger partial charge on any atom is 0.249 e. The average molecular weight is 263 g/mol. The van der Waals surface area contributed by atoms with Crippen molar-refractivity contribution in [3.8, 4) is 5.75 Å². The van der Waals surface area contributed by atoms with Gasteiger partial charge in [-0.05, 0) is 26.0 Å². The Labute approximate surface area is 111 Å². The number of ketones is 1. The summed E-state index contributed by atoms with van der Waals surface area (Å²) in [4.78, 5) is 12.5. The van der Waals surface area contributed by atoms with Crippen LogP contribution in [0.15, 0.2) is 22.7 Å². The van der Waals surface area contributed by atoms with Crippen molar-refractivity contribution in [3.63, 3.8) is 0 Å². The lowest BCUT2D eigenvalue weighted by atomic mass is 10.2. The highest BCUT2D eigenvalue weighted by molar-refractivity contribution is 6.07. The molecule has 0 aliphatic rings. The van der Waals surface area contributed by atoms with E-state index < -0.39 is 0 Å². The fourth-order valence-corrected chi connectivity index (χ4v) is 1.83. The average Bonchev–Trinajstić information content (AvgIpc) is 3.03. The molecule has 0 unspecified atom stereocenters. The van der Waals surface area contributed by atoms with Crippen LogP contribution in [0, 0.1) is 0 Å². The molecule has 6 nitrogen and oxygen atoms in total. The van der Waals surface area contributed by atoms with Crippen LogP contribution in [0.3, 0.4) is 0 Å². The molecule has 0 bridgehead atoms. The van der Waals surface area contributed by atoms with E-state index in [0.29, 0.717) is 17.2 Å². The lowest BCUT2D eigenvalue weighted by Crippen LogP contribution is -2.14. The van der Waals surface area contributed by atoms with Crippen molar-refractivity contribution in [1.29, 1.82) is 0 Å². The Hall–Kier alpha value is -2.08. The zero-order chi connectivity index (χ0) is 14.0. The second-order valence-corrected chi connectivity index (χ2v) is 4.40. The Kier molecular flexibility index (Phi) is 3.71. The van der Waals surface area contributed by atoms with Crippen LogP contribution in [0.25, 0.3) is 0 Å². The largest absolute Gasteiger partial charge is 0.493 e.